The van der Waals surface area contributed by atoms with Crippen LogP contribution in [0.3, 0.4) is 0 Å². The molecule has 3 aliphatic heterocycles. The lowest BCUT2D eigenvalue weighted by atomic mass is 9.96. The number of rotatable bonds is 8. The molecule has 8 heteroatoms. The molecule has 1 aromatic rings. The highest BCUT2D eigenvalue weighted by Gasteiger charge is 2.50. The number of aliphatic hydroxyl groups is 1. The minimum absolute atomic E-state index is 0.00423. The van der Waals surface area contributed by atoms with E-state index in [4.69, 9.17) is 18.9 Å². The molecule has 3 aliphatic rings. The Bertz CT molecular complexity index is 796. The molecule has 1 N–H and O–H groups in total. The average Bonchev–Trinajstić information content (AvgIpc) is 3.24. The molecule has 170 valence electrons. The van der Waals surface area contributed by atoms with Crippen LogP contribution in [0.2, 0.25) is 0 Å². The summed E-state index contributed by atoms with van der Waals surface area (Å²) in [7, 11) is 0. The molecule has 0 aromatic heterocycles. The molecule has 4 rings (SSSR count). The first-order chi connectivity index (χ1) is 15.1. The van der Waals surface area contributed by atoms with E-state index in [0.29, 0.717) is 44.0 Å². The van der Waals surface area contributed by atoms with E-state index in [2.05, 4.69) is 16.4 Å². The molecule has 0 radical (unpaired) electrons. The number of hydrogen-bond acceptors (Lipinski definition) is 8. The van der Waals surface area contributed by atoms with Crippen molar-refractivity contribution in [2.45, 2.75) is 51.0 Å². The maximum atomic E-state index is 13.3. The van der Waals surface area contributed by atoms with Crippen molar-refractivity contribution in [3.8, 4) is 5.75 Å². The van der Waals surface area contributed by atoms with Gasteiger partial charge in [-0.25, -0.2) is 4.90 Å². The predicted molar refractivity (Wildman–Crippen MR) is 113 cm³/mol. The minimum atomic E-state index is -1.23. The fourth-order valence-electron chi connectivity index (χ4n) is 4.73. The summed E-state index contributed by atoms with van der Waals surface area (Å²) in [5.41, 5.74) is 1.50. The van der Waals surface area contributed by atoms with Gasteiger partial charge in [-0.2, -0.15) is 0 Å². The van der Waals surface area contributed by atoms with Gasteiger partial charge in [0, 0.05) is 19.6 Å². The molecule has 31 heavy (non-hydrogen) atoms. The molecular weight excluding hydrogens is 400 g/mol. The van der Waals surface area contributed by atoms with Crippen LogP contribution >= 0.6 is 0 Å². The Hall–Kier alpha value is -1.81. The third-order valence-corrected chi connectivity index (χ3v) is 6.23. The summed E-state index contributed by atoms with van der Waals surface area (Å²) >= 11 is 0. The van der Waals surface area contributed by atoms with Gasteiger partial charge < -0.3 is 24.1 Å². The number of aliphatic hydroxyl groups excluding tert-OH is 1. The van der Waals surface area contributed by atoms with Crippen molar-refractivity contribution in [3.63, 3.8) is 0 Å². The number of carbonyl (C=O) groups excluding carboxylic acids is 1. The van der Waals surface area contributed by atoms with Crippen LogP contribution in [-0.2, 0) is 20.6 Å². The van der Waals surface area contributed by atoms with Gasteiger partial charge in [-0.3, -0.25) is 9.69 Å². The minimum Gasteiger partial charge on any atom is -0.447 e. The molecule has 0 bridgehead atoms. The van der Waals surface area contributed by atoms with Gasteiger partial charge in [-0.1, -0.05) is 18.2 Å². The molecular formula is C23H32N2O6. The monoisotopic (exact) mass is 432 g/mol. The summed E-state index contributed by atoms with van der Waals surface area (Å²) in [5, 5.41) is 9.24. The first kappa shape index (κ1) is 22.4. The van der Waals surface area contributed by atoms with Crippen molar-refractivity contribution in [3.05, 3.63) is 42.0 Å². The fourth-order valence-corrected chi connectivity index (χ4v) is 4.73. The Labute approximate surface area is 183 Å². The Morgan fingerprint density at radius 3 is 2.90 bits per heavy atom. The van der Waals surface area contributed by atoms with Gasteiger partial charge >= 0.3 is 0 Å². The highest BCUT2D eigenvalue weighted by molar-refractivity contribution is 6.00. The van der Waals surface area contributed by atoms with Crippen LogP contribution in [-0.4, -0.2) is 78.7 Å². The third-order valence-electron chi connectivity index (χ3n) is 6.23. The van der Waals surface area contributed by atoms with E-state index in [-0.39, 0.29) is 31.5 Å². The Kier molecular flexibility index (Phi) is 7.05. The molecule has 2 fully saturated rings. The van der Waals surface area contributed by atoms with E-state index >= 15 is 0 Å². The number of carbonyl (C=O) groups is 1. The zero-order chi connectivity index (χ0) is 21.8. The molecule has 0 amide bonds. The van der Waals surface area contributed by atoms with Crippen molar-refractivity contribution in [1.82, 2.24) is 9.80 Å². The Morgan fingerprint density at radius 1 is 1.35 bits per heavy atom. The number of para-hydroxylation sites is 1. The lowest BCUT2D eigenvalue weighted by Gasteiger charge is -2.48. The van der Waals surface area contributed by atoms with Crippen molar-refractivity contribution in [2.75, 3.05) is 39.6 Å². The van der Waals surface area contributed by atoms with Crippen molar-refractivity contribution in [1.29, 1.82) is 0 Å². The second-order valence-electron chi connectivity index (χ2n) is 8.15. The van der Waals surface area contributed by atoms with E-state index in [0.717, 1.165) is 24.9 Å². The van der Waals surface area contributed by atoms with Crippen LogP contribution in [0, 0.1) is 0 Å². The quantitative estimate of drug-likeness (QED) is 0.494. The fraction of sp³-hybridized carbons (Fsp3) is 0.609. The lowest BCUT2D eigenvalue weighted by molar-refractivity contribution is -0.327. The zero-order valence-corrected chi connectivity index (χ0v) is 18.1. The number of fused-ring (bicyclic) bond motifs is 1. The van der Waals surface area contributed by atoms with Crippen LogP contribution in [0.4, 0.5) is 0 Å². The summed E-state index contributed by atoms with van der Waals surface area (Å²) in [5.74, 6) is -0.658. The third kappa shape index (κ3) is 4.55. The van der Waals surface area contributed by atoms with Crippen LogP contribution in [0.15, 0.2) is 30.9 Å². The Balaban J connectivity index is 1.66. The molecule has 3 unspecified atom stereocenters. The second kappa shape index (κ2) is 9.77. The molecule has 1 aromatic carbocycles. The second-order valence-corrected chi connectivity index (χ2v) is 8.15. The van der Waals surface area contributed by atoms with E-state index in [1.54, 1.807) is 6.08 Å². The summed E-state index contributed by atoms with van der Waals surface area (Å²) in [6.07, 6.45) is 3.69. The van der Waals surface area contributed by atoms with E-state index in [1.165, 1.54) is 0 Å². The summed E-state index contributed by atoms with van der Waals surface area (Å²) in [4.78, 5) is 17.4. The highest BCUT2D eigenvalue weighted by atomic mass is 16.7. The molecule has 3 heterocycles. The van der Waals surface area contributed by atoms with Crippen LogP contribution in [0.5, 0.6) is 5.75 Å². The van der Waals surface area contributed by atoms with Crippen LogP contribution < -0.4 is 4.74 Å². The smallest absolute Gasteiger partial charge is 0.282 e. The normalized spacial score (nSPS) is 28.2. The molecule has 2 saturated heterocycles. The number of likely N-dealkylation sites (tertiary alicyclic amines) is 1. The van der Waals surface area contributed by atoms with Gasteiger partial charge in [0.2, 0.25) is 0 Å². The van der Waals surface area contributed by atoms with E-state index < -0.39 is 5.91 Å². The van der Waals surface area contributed by atoms with Crippen molar-refractivity contribution < 1.29 is 28.8 Å². The number of benzene rings is 1. The van der Waals surface area contributed by atoms with E-state index in [1.807, 2.05) is 25.1 Å². The zero-order valence-electron chi connectivity index (χ0n) is 18.1. The average molecular weight is 433 g/mol. The molecule has 0 saturated carbocycles. The lowest BCUT2D eigenvalue weighted by Crippen LogP contribution is -2.63. The first-order valence-electron chi connectivity index (χ1n) is 11.0. The van der Waals surface area contributed by atoms with Crippen LogP contribution in [0.25, 0.3) is 0 Å². The maximum absolute atomic E-state index is 13.3. The van der Waals surface area contributed by atoms with Gasteiger partial charge in [0.1, 0.15) is 25.0 Å². The van der Waals surface area contributed by atoms with Crippen molar-refractivity contribution in [2.24, 2.45) is 0 Å². The van der Waals surface area contributed by atoms with Gasteiger partial charge in [0.25, 0.3) is 5.91 Å². The number of Topliss-reactive ketones (excluding diaryl/α,β-unsaturated/α-hetero) is 1. The molecule has 8 nitrogen and oxygen atoms in total. The van der Waals surface area contributed by atoms with Gasteiger partial charge in [-0.05, 0) is 37.8 Å². The molecule has 0 spiro atoms. The number of hydrogen-bond donors (Lipinski definition) is 1. The predicted octanol–water partition coefficient (Wildman–Crippen LogP) is 2.12. The standard InChI is InChI=1S/C23H32N2O6/c1-3-6-18-7-4-8-19-20(27)15-23(31-22(18)19,24-11-13-28-14-12-24)30-17(2)25-10-5-9-21(25)29-16-26/h3-4,7-8,17,21,26H,1,5-6,9-16H2,2H3. The van der Waals surface area contributed by atoms with Crippen molar-refractivity contribution >= 4 is 5.78 Å². The largest absolute Gasteiger partial charge is 0.447 e. The number of ether oxygens (including phenoxy) is 4. The first-order valence-corrected chi connectivity index (χ1v) is 11.0. The van der Waals surface area contributed by atoms with Gasteiger partial charge in [0.05, 0.1) is 25.2 Å². The summed E-state index contributed by atoms with van der Waals surface area (Å²) < 4.78 is 24.2. The Morgan fingerprint density at radius 2 is 2.16 bits per heavy atom. The van der Waals surface area contributed by atoms with Gasteiger partial charge in [0.15, 0.2) is 5.78 Å². The highest BCUT2D eigenvalue weighted by Crippen LogP contribution is 2.40. The summed E-state index contributed by atoms with van der Waals surface area (Å²) in [6.45, 7) is 8.55. The molecule has 3 atom stereocenters. The number of ketones is 1. The SMILES string of the molecule is C=CCc1cccc2c1OC(OC(C)N1CCCC1OCO)(N1CCOCC1)CC2=O. The van der Waals surface area contributed by atoms with E-state index in [9.17, 15) is 9.90 Å². The van der Waals surface area contributed by atoms with Crippen LogP contribution in [0.1, 0.15) is 42.1 Å². The van der Waals surface area contributed by atoms with Gasteiger partial charge in [-0.15, -0.1) is 6.58 Å². The topological polar surface area (TPSA) is 80.7 Å². The number of nitrogens with zero attached hydrogens (tertiary/aromatic N) is 2. The summed E-state index contributed by atoms with van der Waals surface area (Å²) in [6, 6.07) is 5.64. The number of allylic oxidation sites excluding steroid dienone is 1. The maximum Gasteiger partial charge on any atom is 0.282 e. The number of morpholine rings is 1. The molecule has 0 aliphatic carbocycles.